The maximum atomic E-state index is 11.8. The van der Waals surface area contributed by atoms with Gasteiger partial charge in [0.1, 0.15) is 5.82 Å². The van der Waals surface area contributed by atoms with Gasteiger partial charge in [-0.05, 0) is 12.3 Å². The van der Waals surface area contributed by atoms with Gasteiger partial charge in [0.25, 0.3) is 0 Å². The second-order valence-electron chi connectivity index (χ2n) is 4.55. The lowest BCUT2D eigenvalue weighted by Crippen LogP contribution is -2.34. The third-order valence-corrected chi connectivity index (χ3v) is 4.14. The molecule has 0 unspecified atom stereocenters. The van der Waals surface area contributed by atoms with E-state index in [-0.39, 0.29) is 17.7 Å². The lowest BCUT2D eigenvalue weighted by molar-refractivity contribution is 0.434. The van der Waals surface area contributed by atoms with Crippen molar-refractivity contribution in [1.82, 2.24) is 14.3 Å². The van der Waals surface area contributed by atoms with E-state index in [4.69, 9.17) is 0 Å². The maximum Gasteiger partial charge on any atom is 0.212 e. The summed E-state index contributed by atoms with van der Waals surface area (Å²) >= 11 is 0. The minimum absolute atomic E-state index is 0.153. The molecule has 1 atom stereocenters. The van der Waals surface area contributed by atoms with E-state index in [1.54, 1.807) is 6.20 Å². The van der Waals surface area contributed by atoms with E-state index in [9.17, 15) is 8.42 Å². The average Bonchev–Trinajstić information content (AvgIpc) is 2.60. The van der Waals surface area contributed by atoms with Crippen molar-refractivity contribution in [3.8, 4) is 0 Å². The van der Waals surface area contributed by atoms with E-state index >= 15 is 0 Å². The molecule has 98 valence electrons. The van der Waals surface area contributed by atoms with E-state index in [0.29, 0.717) is 6.42 Å². The molecule has 0 saturated heterocycles. The van der Waals surface area contributed by atoms with Crippen molar-refractivity contribution in [2.24, 2.45) is 13.0 Å². The topological polar surface area (TPSA) is 64.0 Å². The molecule has 0 amide bonds. The fraction of sp³-hybridized carbons (Fsp3) is 0.727. The molecule has 1 heterocycles. The van der Waals surface area contributed by atoms with Crippen LogP contribution in [0.2, 0.25) is 0 Å². The number of hydrogen-bond donors (Lipinski definition) is 1. The zero-order valence-electron chi connectivity index (χ0n) is 10.8. The number of nitrogens with one attached hydrogen (secondary N) is 1. The van der Waals surface area contributed by atoms with Gasteiger partial charge in [-0.3, -0.25) is 0 Å². The Labute approximate surface area is 103 Å². The van der Waals surface area contributed by atoms with E-state index in [1.165, 1.54) is 0 Å². The fourth-order valence-electron chi connectivity index (χ4n) is 1.68. The Balaban J connectivity index is 2.93. The number of aryl methyl sites for hydroxylation is 1. The van der Waals surface area contributed by atoms with Crippen LogP contribution >= 0.6 is 0 Å². The van der Waals surface area contributed by atoms with Gasteiger partial charge in [0.15, 0.2) is 0 Å². The Morgan fingerprint density at radius 1 is 1.47 bits per heavy atom. The Morgan fingerprint density at radius 3 is 2.53 bits per heavy atom. The first-order valence-corrected chi connectivity index (χ1v) is 7.50. The Bertz CT molecular complexity index is 451. The molecule has 0 spiro atoms. The maximum absolute atomic E-state index is 11.8. The Morgan fingerprint density at radius 2 is 2.12 bits per heavy atom. The predicted octanol–water partition coefficient (Wildman–Crippen LogP) is 1.45. The molecule has 1 aromatic heterocycles. The standard InChI is InChI=1S/C11H21N3O2S/c1-5-8-17(15,16)13-10(9(2)3)11-12-6-7-14(11)4/h6-7,9-10,13H,5,8H2,1-4H3/t10-/m1/s1. The largest absolute Gasteiger partial charge is 0.337 e. The van der Waals surface area contributed by atoms with E-state index < -0.39 is 10.0 Å². The van der Waals surface area contributed by atoms with E-state index in [1.807, 2.05) is 38.6 Å². The number of hydrogen-bond acceptors (Lipinski definition) is 3. The van der Waals surface area contributed by atoms with E-state index in [2.05, 4.69) is 9.71 Å². The molecule has 0 aliphatic rings. The summed E-state index contributed by atoms with van der Waals surface area (Å²) in [5.41, 5.74) is 0. The number of imidazole rings is 1. The molecule has 0 saturated carbocycles. The van der Waals surface area contributed by atoms with Gasteiger partial charge in [-0.25, -0.2) is 18.1 Å². The molecule has 5 nitrogen and oxygen atoms in total. The highest BCUT2D eigenvalue weighted by Gasteiger charge is 2.24. The van der Waals surface area contributed by atoms with Crippen LogP contribution in [0.25, 0.3) is 0 Å². The number of sulfonamides is 1. The van der Waals surface area contributed by atoms with Crippen LogP contribution in [0.15, 0.2) is 12.4 Å². The van der Waals surface area contributed by atoms with Crippen LogP contribution in [0, 0.1) is 5.92 Å². The Kier molecular flexibility index (Phi) is 4.70. The Hall–Kier alpha value is -0.880. The SMILES string of the molecule is CCCS(=O)(=O)N[C@@H](c1nccn1C)C(C)C. The quantitative estimate of drug-likeness (QED) is 0.841. The lowest BCUT2D eigenvalue weighted by Gasteiger charge is -2.21. The number of rotatable bonds is 6. The molecule has 1 rings (SSSR count). The molecular formula is C11H21N3O2S. The zero-order chi connectivity index (χ0) is 13.1. The molecule has 6 heteroatoms. The fourth-order valence-corrected chi connectivity index (χ4v) is 3.10. The second-order valence-corrected chi connectivity index (χ2v) is 6.43. The van der Waals surface area contributed by atoms with E-state index in [0.717, 1.165) is 5.82 Å². The van der Waals surface area contributed by atoms with Crippen LogP contribution < -0.4 is 4.72 Å². The van der Waals surface area contributed by atoms with Crippen molar-refractivity contribution in [2.75, 3.05) is 5.75 Å². The monoisotopic (exact) mass is 259 g/mol. The molecule has 0 aliphatic heterocycles. The van der Waals surface area contributed by atoms with Crippen LogP contribution in [0.1, 0.15) is 39.1 Å². The van der Waals surface area contributed by atoms with Gasteiger partial charge in [0, 0.05) is 19.4 Å². The van der Waals surface area contributed by atoms with Gasteiger partial charge >= 0.3 is 0 Å². The van der Waals surface area contributed by atoms with Crippen LogP contribution in [0.5, 0.6) is 0 Å². The summed E-state index contributed by atoms with van der Waals surface area (Å²) in [6.07, 6.45) is 4.11. The highest BCUT2D eigenvalue weighted by Crippen LogP contribution is 2.20. The van der Waals surface area contributed by atoms with Gasteiger partial charge in [-0.2, -0.15) is 0 Å². The highest BCUT2D eigenvalue weighted by atomic mass is 32.2. The minimum Gasteiger partial charge on any atom is -0.337 e. The molecule has 1 aromatic rings. The summed E-state index contributed by atoms with van der Waals surface area (Å²) in [7, 11) is -1.36. The minimum atomic E-state index is -3.22. The molecule has 0 radical (unpaired) electrons. The summed E-state index contributed by atoms with van der Waals surface area (Å²) < 4.78 is 28.2. The highest BCUT2D eigenvalue weighted by molar-refractivity contribution is 7.89. The molecule has 17 heavy (non-hydrogen) atoms. The van der Waals surface area contributed by atoms with Crippen molar-refractivity contribution >= 4 is 10.0 Å². The summed E-state index contributed by atoms with van der Waals surface area (Å²) in [5.74, 6) is 1.06. The summed E-state index contributed by atoms with van der Waals surface area (Å²) in [4.78, 5) is 4.22. The number of nitrogens with zero attached hydrogens (tertiary/aromatic N) is 2. The summed E-state index contributed by atoms with van der Waals surface area (Å²) in [6, 6.07) is -0.272. The van der Waals surface area contributed by atoms with Crippen LogP contribution in [-0.2, 0) is 17.1 Å². The third-order valence-electron chi connectivity index (χ3n) is 2.58. The molecule has 0 fully saturated rings. The van der Waals surface area contributed by atoms with Crippen molar-refractivity contribution in [3.05, 3.63) is 18.2 Å². The number of aromatic nitrogens is 2. The lowest BCUT2D eigenvalue weighted by atomic mass is 10.1. The van der Waals surface area contributed by atoms with Crippen LogP contribution in [-0.4, -0.2) is 23.7 Å². The summed E-state index contributed by atoms with van der Waals surface area (Å²) in [6.45, 7) is 5.81. The second kappa shape index (κ2) is 5.64. The van der Waals surface area contributed by atoms with Crippen LogP contribution in [0.3, 0.4) is 0 Å². The van der Waals surface area contributed by atoms with Crippen molar-refractivity contribution in [2.45, 2.75) is 33.2 Å². The average molecular weight is 259 g/mol. The van der Waals surface area contributed by atoms with Crippen molar-refractivity contribution < 1.29 is 8.42 Å². The van der Waals surface area contributed by atoms with Crippen molar-refractivity contribution in [3.63, 3.8) is 0 Å². The van der Waals surface area contributed by atoms with Gasteiger partial charge in [0.2, 0.25) is 10.0 Å². The first-order valence-electron chi connectivity index (χ1n) is 5.84. The first-order chi connectivity index (χ1) is 7.87. The summed E-state index contributed by atoms with van der Waals surface area (Å²) in [5, 5.41) is 0. The predicted molar refractivity (Wildman–Crippen MR) is 68.0 cm³/mol. The molecular weight excluding hydrogens is 238 g/mol. The van der Waals surface area contributed by atoms with Crippen molar-refractivity contribution in [1.29, 1.82) is 0 Å². The molecule has 0 aliphatic carbocycles. The third kappa shape index (κ3) is 3.81. The zero-order valence-corrected chi connectivity index (χ0v) is 11.7. The smallest absolute Gasteiger partial charge is 0.212 e. The van der Waals surface area contributed by atoms with Gasteiger partial charge < -0.3 is 4.57 Å². The van der Waals surface area contributed by atoms with Gasteiger partial charge in [0.05, 0.1) is 11.8 Å². The first kappa shape index (κ1) is 14.2. The van der Waals surface area contributed by atoms with Gasteiger partial charge in [-0.1, -0.05) is 20.8 Å². The van der Waals surface area contributed by atoms with Gasteiger partial charge in [-0.15, -0.1) is 0 Å². The molecule has 0 aromatic carbocycles. The van der Waals surface area contributed by atoms with Crippen LogP contribution in [0.4, 0.5) is 0 Å². The normalized spacial score (nSPS) is 14.2. The molecule has 0 bridgehead atoms. The molecule has 1 N–H and O–H groups in total.